The van der Waals surface area contributed by atoms with Crippen LogP contribution in [0.5, 0.6) is 0 Å². The number of nitrogens with zero attached hydrogens (tertiary/aromatic N) is 5. The van der Waals surface area contributed by atoms with E-state index < -0.39 is 0 Å². The van der Waals surface area contributed by atoms with Crippen molar-refractivity contribution in [2.75, 3.05) is 36.8 Å². The summed E-state index contributed by atoms with van der Waals surface area (Å²) in [5, 5.41) is 5.00. The zero-order chi connectivity index (χ0) is 19.3. The smallest absolute Gasteiger partial charge is 0.233 e. The van der Waals surface area contributed by atoms with Crippen LogP contribution in [0.2, 0.25) is 0 Å². The molecule has 3 aromatic rings. The van der Waals surface area contributed by atoms with E-state index in [9.17, 15) is 9.18 Å². The van der Waals surface area contributed by atoms with Gasteiger partial charge in [-0.3, -0.25) is 4.79 Å². The molecule has 1 aromatic heterocycles. The van der Waals surface area contributed by atoms with Crippen LogP contribution in [0.15, 0.2) is 66.1 Å². The highest BCUT2D eigenvalue weighted by atomic mass is 32.2. The Bertz CT molecular complexity index is 923. The van der Waals surface area contributed by atoms with Crippen molar-refractivity contribution in [3.8, 4) is 5.69 Å². The molecule has 144 valence electrons. The minimum atomic E-state index is -0.238. The van der Waals surface area contributed by atoms with Crippen LogP contribution in [0.1, 0.15) is 0 Å². The summed E-state index contributed by atoms with van der Waals surface area (Å²) < 4.78 is 14.8. The van der Waals surface area contributed by atoms with Crippen molar-refractivity contribution in [1.29, 1.82) is 0 Å². The molecule has 4 rings (SSSR count). The number of anilines is 1. The van der Waals surface area contributed by atoms with Gasteiger partial charge >= 0.3 is 0 Å². The summed E-state index contributed by atoms with van der Waals surface area (Å²) in [6, 6.07) is 16.2. The molecule has 0 radical (unpaired) electrons. The van der Waals surface area contributed by atoms with Crippen LogP contribution in [0.4, 0.5) is 10.1 Å². The first-order chi connectivity index (χ1) is 13.7. The predicted molar refractivity (Wildman–Crippen MR) is 107 cm³/mol. The summed E-state index contributed by atoms with van der Waals surface area (Å²) in [4.78, 5) is 20.8. The fourth-order valence-corrected chi connectivity index (χ4v) is 3.81. The van der Waals surface area contributed by atoms with Gasteiger partial charge < -0.3 is 9.80 Å². The molecule has 6 nitrogen and oxygen atoms in total. The first kappa shape index (κ1) is 18.5. The van der Waals surface area contributed by atoms with Crippen molar-refractivity contribution in [2.24, 2.45) is 0 Å². The molecular formula is C20H20FN5OS. The van der Waals surface area contributed by atoms with E-state index in [0.717, 1.165) is 24.5 Å². The highest BCUT2D eigenvalue weighted by Crippen LogP contribution is 2.19. The molecule has 28 heavy (non-hydrogen) atoms. The second-order valence-electron chi connectivity index (χ2n) is 6.44. The number of hydrogen-bond acceptors (Lipinski definition) is 5. The van der Waals surface area contributed by atoms with E-state index in [-0.39, 0.29) is 11.7 Å². The third-order valence-electron chi connectivity index (χ3n) is 4.64. The lowest BCUT2D eigenvalue weighted by atomic mass is 10.2. The van der Waals surface area contributed by atoms with Gasteiger partial charge in [-0.2, -0.15) is 0 Å². The highest BCUT2D eigenvalue weighted by molar-refractivity contribution is 7.99. The summed E-state index contributed by atoms with van der Waals surface area (Å²) in [5.74, 6) is 0.160. The quantitative estimate of drug-likeness (QED) is 0.620. The Labute approximate surface area is 167 Å². The van der Waals surface area contributed by atoms with Crippen molar-refractivity contribution in [2.45, 2.75) is 5.16 Å². The molecule has 1 aliphatic heterocycles. The number of piperazine rings is 1. The second-order valence-corrected chi connectivity index (χ2v) is 7.38. The molecule has 0 aliphatic carbocycles. The first-order valence-electron chi connectivity index (χ1n) is 9.07. The number of aromatic nitrogens is 3. The minimum Gasteiger partial charge on any atom is -0.368 e. The number of carbonyl (C=O) groups excluding carboxylic acids is 1. The van der Waals surface area contributed by atoms with Crippen molar-refractivity contribution in [1.82, 2.24) is 19.7 Å². The summed E-state index contributed by atoms with van der Waals surface area (Å²) in [6.07, 6.45) is 1.66. The van der Waals surface area contributed by atoms with Gasteiger partial charge in [0.05, 0.1) is 11.4 Å². The van der Waals surface area contributed by atoms with Gasteiger partial charge in [0.2, 0.25) is 11.1 Å². The van der Waals surface area contributed by atoms with Crippen molar-refractivity contribution < 1.29 is 9.18 Å². The number of para-hydroxylation sites is 1. The van der Waals surface area contributed by atoms with Crippen LogP contribution in [0.3, 0.4) is 0 Å². The zero-order valence-corrected chi connectivity index (χ0v) is 16.1. The molecule has 0 N–H and O–H groups in total. The van der Waals surface area contributed by atoms with Crippen LogP contribution in [-0.2, 0) is 4.79 Å². The molecule has 2 heterocycles. The molecule has 0 spiro atoms. The molecule has 1 amide bonds. The molecule has 1 aliphatic rings. The highest BCUT2D eigenvalue weighted by Gasteiger charge is 2.21. The normalized spacial score (nSPS) is 14.3. The van der Waals surface area contributed by atoms with Gasteiger partial charge in [-0.15, -0.1) is 5.10 Å². The Morgan fingerprint density at radius 3 is 2.39 bits per heavy atom. The van der Waals surface area contributed by atoms with Gasteiger partial charge in [0.25, 0.3) is 0 Å². The molecule has 0 atom stereocenters. The van der Waals surface area contributed by atoms with E-state index in [0.29, 0.717) is 24.0 Å². The minimum absolute atomic E-state index is 0.0832. The van der Waals surface area contributed by atoms with Crippen molar-refractivity contribution in [3.63, 3.8) is 0 Å². The number of benzene rings is 2. The summed E-state index contributed by atoms with van der Waals surface area (Å²) in [7, 11) is 0. The summed E-state index contributed by atoms with van der Waals surface area (Å²) in [5.41, 5.74) is 1.92. The molecule has 0 saturated carbocycles. The fraction of sp³-hybridized carbons (Fsp3) is 0.250. The third-order valence-corrected chi connectivity index (χ3v) is 5.48. The van der Waals surface area contributed by atoms with E-state index >= 15 is 0 Å². The Balaban J connectivity index is 1.27. The lowest BCUT2D eigenvalue weighted by molar-refractivity contribution is -0.128. The average Bonchev–Trinajstić information content (AvgIpc) is 3.22. The van der Waals surface area contributed by atoms with Crippen LogP contribution in [-0.4, -0.2) is 57.5 Å². The Kier molecular flexibility index (Phi) is 5.57. The van der Waals surface area contributed by atoms with E-state index in [1.807, 2.05) is 35.2 Å². The SMILES string of the molecule is O=C(CSc1ncn(-c2ccccc2)n1)N1CCN(c2ccc(F)cc2)CC1. The number of hydrogen-bond donors (Lipinski definition) is 0. The van der Waals surface area contributed by atoms with Crippen LogP contribution >= 0.6 is 11.8 Å². The molecule has 2 aromatic carbocycles. The van der Waals surface area contributed by atoms with Gasteiger partial charge in [-0.1, -0.05) is 30.0 Å². The monoisotopic (exact) mass is 397 g/mol. The molecule has 0 bridgehead atoms. The largest absolute Gasteiger partial charge is 0.368 e. The number of thioether (sulfide) groups is 1. The molecule has 0 unspecified atom stereocenters. The maximum absolute atomic E-state index is 13.1. The van der Waals surface area contributed by atoms with Crippen molar-refractivity contribution in [3.05, 3.63) is 66.7 Å². The maximum atomic E-state index is 13.1. The maximum Gasteiger partial charge on any atom is 0.233 e. The predicted octanol–water partition coefficient (Wildman–Crippen LogP) is 2.85. The number of carbonyl (C=O) groups is 1. The zero-order valence-electron chi connectivity index (χ0n) is 15.2. The average molecular weight is 397 g/mol. The van der Waals surface area contributed by atoms with E-state index in [1.54, 1.807) is 23.1 Å². The van der Waals surface area contributed by atoms with E-state index in [1.165, 1.54) is 23.9 Å². The summed E-state index contributed by atoms with van der Waals surface area (Å²) in [6.45, 7) is 2.79. The number of amides is 1. The first-order valence-corrected chi connectivity index (χ1v) is 10.1. The van der Waals surface area contributed by atoms with E-state index in [4.69, 9.17) is 0 Å². The molecule has 1 saturated heterocycles. The van der Waals surface area contributed by atoms with E-state index in [2.05, 4.69) is 15.0 Å². The Hall–Kier alpha value is -2.87. The van der Waals surface area contributed by atoms with Crippen LogP contribution < -0.4 is 4.90 Å². The molecular weight excluding hydrogens is 377 g/mol. The third kappa shape index (κ3) is 4.33. The van der Waals surface area contributed by atoms with Gasteiger partial charge in [-0.25, -0.2) is 14.1 Å². The van der Waals surface area contributed by atoms with Gasteiger partial charge in [0.1, 0.15) is 12.1 Å². The van der Waals surface area contributed by atoms with Gasteiger partial charge in [0, 0.05) is 31.9 Å². The van der Waals surface area contributed by atoms with Crippen LogP contribution in [0, 0.1) is 5.82 Å². The van der Waals surface area contributed by atoms with Crippen LogP contribution in [0.25, 0.3) is 5.69 Å². The Morgan fingerprint density at radius 1 is 0.964 bits per heavy atom. The second kappa shape index (κ2) is 8.43. The summed E-state index contributed by atoms with van der Waals surface area (Å²) >= 11 is 1.35. The lowest BCUT2D eigenvalue weighted by Gasteiger charge is -2.36. The molecule has 1 fully saturated rings. The van der Waals surface area contributed by atoms with Gasteiger partial charge in [-0.05, 0) is 36.4 Å². The Morgan fingerprint density at radius 2 is 1.68 bits per heavy atom. The fourth-order valence-electron chi connectivity index (χ4n) is 3.10. The standard InChI is InChI=1S/C20H20FN5OS/c21-16-6-8-17(9-7-16)24-10-12-25(13-11-24)19(27)14-28-20-22-15-26(23-20)18-4-2-1-3-5-18/h1-9,15H,10-14H2. The number of rotatable bonds is 5. The lowest BCUT2D eigenvalue weighted by Crippen LogP contribution is -2.49. The van der Waals surface area contributed by atoms with Gasteiger partial charge in [0.15, 0.2) is 0 Å². The van der Waals surface area contributed by atoms with Crippen molar-refractivity contribution >= 4 is 23.4 Å². The number of halogens is 1. The molecule has 8 heteroatoms. The topological polar surface area (TPSA) is 54.3 Å².